The van der Waals surface area contributed by atoms with E-state index in [1.807, 2.05) is 80.3 Å². The highest BCUT2D eigenvalue weighted by Crippen LogP contribution is 2.23. The minimum atomic E-state index is -0.517. The van der Waals surface area contributed by atoms with E-state index >= 15 is 0 Å². The number of amides is 2. The number of nitrogens with zero attached hydrogens (tertiary/aromatic N) is 4. The van der Waals surface area contributed by atoms with Crippen molar-refractivity contribution >= 4 is 28.7 Å². The van der Waals surface area contributed by atoms with Gasteiger partial charge in [-0.2, -0.15) is 0 Å². The summed E-state index contributed by atoms with van der Waals surface area (Å²) < 4.78 is 5.00. The van der Waals surface area contributed by atoms with E-state index in [1.54, 1.807) is 0 Å². The van der Waals surface area contributed by atoms with Crippen LogP contribution in [0, 0.1) is 5.92 Å². The molecule has 2 atom stereocenters. The lowest BCUT2D eigenvalue weighted by molar-refractivity contribution is -0.142. The molecule has 1 fully saturated rings. The van der Waals surface area contributed by atoms with Crippen LogP contribution in [0.3, 0.4) is 0 Å². The van der Waals surface area contributed by atoms with E-state index in [1.165, 1.54) is 7.11 Å². The molecule has 37 heavy (non-hydrogen) atoms. The molecule has 1 saturated heterocycles. The third kappa shape index (κ3) is 6.54. The molecule has 0 aliphatic carbocycles. The zero-order valence-corrected chi connectivity index (χ0v) is 22.0. The van der Waals surface area contributed by atoms with Crippen molar-refractivity contribution in [2.24, 2.45) is 5.92 Å². The van der Waals surface area contributed by atoms with Crippen LogP contribution in [-0.4, -0.2) is 71.1 Å². The van der Waals surface area contributed by atoms with Crippen molar-refractivity contribution in [1.29, 1.82) is 0 Å². The number of ether oxygens (including phenoxy) is 1. The second-order valence-corrected chi connectivity index (χ2v) is 9.74. The highest BCUT2D eigenvalue weighted by molar-refractivity contribution is 5.91. The molecule has 0 saturated carbocycles. The Kier molecular flexibility index (Phi) is 8.55. The van der Waals surface area contributed by atoms with Crippen molar-refractivity contribution in [2.75, 3.05) is 38.6 Å². The number of benzene rings is 2. The lowest BCUT2D eigenvalue weighted by atomic mass is 10.0. The number of esters is 1. The number of para-hydroxylation sites is 1. The second kappa shape index (κ2) is 12.0. The molecular weight excluding hydrogens is 468 g/mol. The maximum Gasteiger partial charge on any atom is 0.328 e. The first-order chi connectivity index (χ1) is 17.9. The van der Waals surface area contributed by atoms with Gasteiger partial charge in [0.05, 0.1) is 25.2 Å². The fourth-order valence-corrected chi connectivity index (χ4v) is 4.49. The van der Waals surface area contributed by atoms with E-state index in [0.717, 1.165) is 29.6 Å². The predicted molar refractivity (Wildman–Crippen MR) is 144 cm³/mol. The number of carbonyl (C=O) groups excluding carboxylic acids is 2. The molecule has 9 heteroatoms. The van der Waals surface area contributed by atoms with Crippen LogP contribution in [0.1, 0.15) is 38.2 Å². The summed E-state index contributed by atoms with van der Waals surface area (Å²) in [4.78, 5) is 38.8. The number of aromatic nitrogens is 2. The van der Waals surface area contributed by atoms with E-state index in [0.29, 0.717) is 31.3 Å². The van der Waals surface area contributed by atoms with Crippen LogP contribution in [-0.2, 0) is 16.1 Å². The normalized spacial score (nSPS) is 15.9. The second-order valence-electron chi connectivity index (χ2n) is 9.74. The zero-order chi connectivity index (χ0) is 26.4. The topological polar surface area (TPSA) is 99.7 Å². The van der Waals surface area contributed by atoms with Crippen LogP contribution in [0.15, 0.2) is 54.6 Å². The lowest BCUT2D eigenvalue weighted by Crippen LogP contribution is -2.51. The summed E-state index contributed by atoms with van der Waals surface area (Å²) in [7, 11) is 1.39. The molecule has 2 N–H and O–H groups in total. The van der Waals surface area contributed by atoms with Gasteiger partial charge in [0, 0.05) is 31.6 Å². The van der Waals surface area contributed by atoms with Crippen LogP contribution in [0.2, 0.25) is 0 Å². The zero-order valence-electron chi connectivity index (χ0n) is 22.0. The van der Waals surface area contributed by atoms with E-state index in [2.05, 4.69) is 15.5 Å². The van der Waals surface area contributed by atoms with Gasteiger partial charge in [-0.15, -0.1) is 0 Å². The molecule has 0 unspecified atom stereocenters. The maximum atomic E-state index is 12.8. The Morgan fingerprint density at radius 3 is 2.30 bits per heavy atom. The predicted octanol–water partition coefficient (Wildman–Crippen LogP) is 3.83. The first kappa shape index (κ1) is 26.3. The Labute approximate surface area is 218 Å². The van der Waals surface area contributed by atoms with Crippen LogP contribution < -0.4 is 10.6 Å². The smallest absolute Gasteiger partial charge is 0.328 e. The van der Waals surface area contributed by atoms with Crippen LogP contribution in [0.4, 0.5) is 10.6 Å². The van der Waals surface area contributed by atoms with Gasteiger partial charge in [-0.3, -0.25) is 4.90 Å². The third-order valence-electron chi connectivity index (χ3n) is 6.73. The summed E-state index contributed by atoms with van der Waals surface area (Å²) >= 11 is 0. The Morgan fingerprint density at radius 2 is 1.62 bits per heavy atom. The number of hydrogen-bond donors (Lipinski definition) is 2. The minimum absolute atomic E-state index is 0.0217. The molecule has 2 aromatic carbocycles. The number of urea groups is 1. The molecule has 1 aliphatic heterocycles. The SMILES string of the molecule is COC(=O)[C@@H](Nc1nc(CN2CCN(C(=O)N[C@@H](C)c3ccccc3)CC2)nc2ccccc12)C(C)C. The fraction of sp³-hybridized carbons (Fsp3) is 0.429. The summed E-state index contributed by atoms with van der Waals surface area (Å²) in [6.45, 7) is 9.19. The van der Waals surface area contributed by atoms with E-state index in [9.17, 15) is 9.59 Å². The highest BCUT2D eigenvalue weighted by atomic mass is 16.5. The number of methoxy groups -OCH3 is 1. The molecule has 3 aromatic rings. The van der Waals surface area contributed by atoms with E-state index < -0.39 is 6.04 Å². The molecule has 2 heterocycles. The van der Waals surface area contributed by atoms with Crippen molar-refractivity contribution in [3.8, 4) is 0 Å². The molecule has 1 aromatic heterocycles. The molecule has 2 amide bonds. The van der Waals surface area contributed by atoms with Crippen molar-refractivity contribution in [3.05, 3.63) is 66.0 Å². The average Bonchev–Trinajstić information content (AvgIpc) is 2.91. The number of anilines is 1. The maximum absolute atomic E-state index is 12.8. The van der Waals surface area contributed by atoms with Gasteiger partial charge in [0.25, 0.3) is 0 Å². The van der Waals surface area contributed by atoms with E-state index in [-0.39, 0.29) is 24.0 Å². The summed E-state index contributed by atoms with van der Waals surface area (Å²) in [6, 6.07) is 17.1. The Balaban J connectivity index is 1.41. The van der Waals surface area contributed by atoms with Crippen molar-refractivity contribution in [1.82, 2.24) is 25.1 Å². The van der Waals surface area contributed by atoms with Crippen LogP contribution in [0.25, 0.3) is 10.9 Å². The number of carbonyl (C=O) groups is 2. The van der Waals surface area contributed by atoms with Gasteiger partial charge in [0.15, 0.2) is 0 Å². The number of fused-ring (bicyclic) bond motifs is 1. The summed E-state index contributed by atoms with van der Waals surface area (Å²) in [5.74, 6) is 0.991. The van der Waals surface area contributed by atoms with Gasteiger partial charge < -0.3 is 20.3 Å². The molecule has 4 rings (SSSR count). The molecule has 196 valence electrons. The van der Waals surface area contributed by atoms with Crippen molar-refractivity contribution in [2.45, 2.75) is 39.4 Å². The fourth-order valence-electron chi connectivity index (χ4n) is 4.49. The Morgan fingerprint density at radius 1 is 0.946 bits per heavy atom. The number of hydrogen-bond acceptors (Lipinski definition) is 7. The molecule has 9 nitrogen and oxygen atoms in total. The van der Waals surface area contributed by atoms with Gasteiger partial charge in [0.2, 0.25) is 0 Å². The van der Waals surface area contributed by atoms with Gasteiger partial charge in [0.1, 0.15) is 17.7 Å². The third-order valence-corrected chi connectivity index (χ3v) is 6.73. The Hall–Kier alpha value is -3.72. The monoisotopic (exact) mass is 504 g/mol. The quantitative estimate of drug-likeness (QED) is 0.450. The molecule has 0 bridgehead atoms. The van der Waals surface area contributed by atoms with Crippen molar-refractivity contribution in [3.63, 3.8) is 0 Å². The van der Waals surface area contributed by atoms with Crippen LogP contribution in [0.5, 0.6) is 0 Å². The van der Waals surface area contributed by atoms with Gasteiger partial charge >= 0.3 is 12.0 Å². The summed E-state index contributed by atoms with van der Waals surface area (Å²) in [5.41, 5.74) is 1.90. The molecular formula is C28H36N6O3. The summed E-state index contributed by atoms with van der Waals surface area (Å²) in [5, 5.41) is 7.25. The summed E-state index contributed by atoms with van der Waals surface area (Å²) in [6.07, 6.45) is 0. The average molecular weight is 505 g/mol. The number of nitrogens with one attached hydrogen (secondary N) is 2. The van der Waals surface area contributed by atoms with E-state index in [4.69, 9.17) is 14.7 Å². The van der Waals surface area contributed by atoms with Gasteiger partial charge in [-0.25, -0.2) is 19.6 Å². The standard InChI is InChI=1S/C28H36N6O3/c1-19(2)25(27(35)37-4)32-26-22-12-8-9-13-23(22)30-24(31-26)18-33-14-16-34(17-15-33)28(36)29-20(3)21-10-6-5-7-11-21/h5-13,19-20,25H,14-18H2,1-4H3,(H,29,36)(H,30,31,32)/t20-,25-/m0/s1. The highest BCUT2D eigenvalue weighted by Gasteiger charge is 2.26. The number of piperazine rings is 1. The first-order valence-corrected chi connectivity index (χ1v) is 12.8. The molecule has 1 aliphatic rings. The Bertz CT molecular complexity index is 1210. The number of rotatable bonds is 8. The van der Waals surface area contributed by atoms with Gasteiger partial charge in [-0.05, 0) is 30.5 Å². The minimum Gasteiger partial charge on any atom is -0.467 e. The largest absolute Gasteiger partial charge is 0.467 e. The molecule has 0 radical (unpaired) electrons. The van der Waals surface area contributed by atoms with Crippen LogP contribution >= 0.6 is 0 Å². The molecule has 0 spiro atoms. The van der Waals surface area contributed by atoms with Crippen molar-refractivity contribution < 1.29 is 14.3 Å². The first-order valence-electron chi connectivity index (χ1n) is 12.8. The van der Waals surface area contributed by atoms with Gasteiger partial charge in [-0.1, -0.05) is 56.3 Å². The lowest BCUT2D eigenvalue weighted by Gasteiger charge is -2.35.